The highest BCUT2D eigenvalue weighted by atomic mass is 19.1. The Bertz CT molecular complexity index is 669. The molecule has 5 heteroatoms. The molecule has 4 nitrogen and oxygen atoms in total. The van der Waals surface area contributed by atoms with Crippen molar-refractivity contribution in [2.75, 3.05) is 13.2 Å². The number of amides is 1. The molecule has 0 unspecified atom stereocenters. The van der Waals surface area contributed by atoms with Crippen molar-refractivity contribution >= 4 is 5.91 Å². The van der Waals surface area contributed by atoms with Gasteiger partial charge < -0.3 is 14.8 Å². The average Bonchev–Trinajstić information content (AvgIpc) is 2.98. The van der Waals surface area contributed by atoms with Gasteiger partial charge in [-0.3, -0.25) is 4.79 Å². The van der Waals surface area contributed by atoms with E-state index in [1.807, 2.05) is 6.07 Å². The number of furan rings is 1. The maximum absolute atomic E-state index is 13.2. The minimum absolute atomic E-state index is 0.250. The minimum Gasteiger partial charge on any atom is -0.469 e. The van der Waals surface area contributed by atoms with Crippen LogP contribution in [-0.4, -0.2) is 24.2 Å². The third kappa shape index (κ3) is 4.20. The maximum Gasteiger partial charge on any atom is 0.252 e. The number of aliphatic hydroxyl groups excluding tert-OH is 1. The number of hydrogen-bond donors (Lipinski definition) is 2. The average molecular weight is 287 g/mol. The molecule has 0 fully saturated rings. The van der Waals surface area contributed by atoms with Crippen LogP contribution in [0.5, 0.6) is 0 Å². The molecule has 0 aliphatic heterocycles. The first-order chi connectivity index (χ1) is 10.2. The number of benzene rings is 1. The molecular formula is C16H14FNO3. The van der Waals surface area contributed by atoms with Gasteiger partial charge in [-0.2, -0.15) is 0 Å². The van der Waals surface area contributed by atoms with Crippen molar-refractivity contribution < 1.29 is 18.7 Å². The van der Waals surface area contributed by atoms with E-state index in [2.05, 4.69) is 17.2 Å². The van der Waals surface area contributed by atoms with Crippen molar-refractivity contribution in [1.29, 1.82) is 0 Å². The second-order valence-corrected chi connectivity index (χ2v) is 4.24. The first-order valence-electron chi connectivity index (χ1n) is 6.40. The van der Waals surface area contributed by atoms with Gasteiger partial charge >= 0.3 is 0 Å². The Morgan fingerprint density at radius 2 is 2.24 bits per heavy atom. The molecule has 1 heterocycles. The zero-order valence-electron chi connectivity index (χ0n) is 11.2. The second-order valence-electron chi connectivity index (χ2n) is 4.24. The van der Waals surface area contributed by atoms with E-state index in [-0.39, 0.29) is 23.6 Å². The Morgan fingerprint density at radius 1 is 1.38 bits per heavy atom. The molecule has 21 heavy (non-hydrogen) atoms. The predicted octanol–water partition coefficient (Wildman–Crippen LogP) is 1.73. The zero-order valence-corrected chi connectivity index (χ0v) is 11.2. The van der Waals surface area contributed by atoms with E-state index in [9.17, 15) is 9.18 Å². The molecule has 108 valence electrons. The van der Waals surface area contributed by atoms with Gasteiger partial charge in [0.2, 0.25) is 0 Å². The largest absolute Gasteiger partial charge is 0.469 e. The van der Waals surface area contributed by atoms with E-state index in [1.54, 1.807) is 12.3 Å². The summed E-state index contributed by atoms with van der Waals surface area (Å²) in [6, 6.07) is 7.34. The fourth-order valence-corrected chi connectivity index (χ4v) is 1.80. The molecular weight excluding hydrogens is 273 g/mol. The summed E-state index contributed by atoms with van der Waals surface area (Å²) in [4.78, 5) is 12.1. The van der Waals surface area contributed by atoms with Crippen LogP contribution in [0.2, 0.25) is 0 Å². The van der Waals surface area contributed by atoms with Crippen LogP contribution in [0.4, 0.5) is 4.39 Å². The monoisotopic (exact) mass is 287 g/mol. The summed E-state index contributed by atoms with van der Waals surface area (Å²) in [7, 11) is 0. The molecule has 0 aliphatic rings. The number of carbonyl (C=O) groups excluding carboxylic acids is 1. The van der Waals surface area contributed by atoms with Crippen LogP contribution in [0.1, 0.15) is 21.7 Å². The van der Waals surface area contributed by atoms with Crippen LogP contribution in [0.15, 0.2) is 41.0 Å². The lowest BCUT2D eigenvalue weighted by atomic mass is 10.1. The lowest BCUT2D eigenvalue weighted by Gasteiger charge is -2.06. The molecule has 0 saturated carbocycles. The standard InChI is InChI=1S/C16H14FNO3/c17-13-5-6-15(12(11-13)3-1-9-19)16(20)18-8-7-14-4-2-10-21-14/h2,4-6,10-11,19H,7-9H2,(H,18,20). The summed E-state index contributed by atoms with van der Waals surface area (Å²) >= 11 is 0. The molecule has 2 rings (SSSR count). The minimum atomic E-state index is -0.482. The summed E-state index contributed by atoms with van der Waals surface area (Å²) in [6.07, 6.45) is 2.14. The number of carbonyl (C=O) groups is 1. The number of aliphatic hydroxyl groups is 1. The van der Waals surface area contributed by atoms with Crippen LogP contribution < -0.4 is 5.32 Å². The fraction of sp³-hybridized carbons (Fsp3) is 0.188. The smallest absolute Gasteiger partial charge is 0.252 e. The fourth-order valence-electron chi connectivity index (χ4n) is 1.80. The summed E-state index contributed by atoms with van der Waals surface area (Å²) in [5.74, 6) is 4.93. The van der Waals surface area contributed by atoms with E-state index in [0.717, 1.165) is 5.76 Å². The molecule has 1 amide bonds. The summed E-state index contributed by atoms with van der Waals surface area (Å²) in [5, 5.41) is 11.4. The van der Waals surface area contributed by atoms with Crippen molar-refractivity contribution in [3.05, 3.63) is 59.3 Å². The summed E-state index contributed by atoms with van der Waals surface area (Å²) in [6.45, 7) is 0.0483. The van der Waals surface area contributed by atoms with Crippen molar-refractivity contribution in [3.63, 3.8) is 0 Å². The molecule has 0 spiro atoms. The van der Waals surface area contributed by atoms with E-state index in [4.69, 9.17) is 9.52 Å². The van der Waals surface area contributed by atoms with E-state index in [1.165, 1.54) is 18.2 Å². The molecule has 0 radical (unpaired) electrons. The molecule has 2 N–H and O–H groups in total. The Balaban J connectivity index is 2.04. The van der Waals surface area contributed by atoms with Gasteiger partial charge in [0.25, 0.3) is 5.91 Å². The Labute approximate surface area is 121 Å². The molecule has 0 aliphatic carbocycles. The SMILES string of the molecule is O=C(NCCc1ccco1)c1ccc(F)cc1C#CCO. The molecule has 1 aromatic carbocycles. The van der Waals surface area contributed by atoms with Gasteiger partial charge in [-0.15, -0.1) is 0 Å². The van der Waals surface area contributed by atoms with Gasteiger partial charge in [0.05, 0.1) is 11.8 Å². The van der Waals surface area contributed by atoms with Crippen LogP contribution in [-0.2, 0) is 6.42 Å². The van der Waals surface area contributed by atoms with Gasteiger partial charge in [0.1, 0.15) is 18.2 Å². The van der Waals surface area contributed by atoms with Crippen molar-refractivity contribution in [1.82, 2.24) is 5.32 Å². The highest BCUT2D eigenvalue weighted by Crippen LogP contribution is 2.10. The first kappa shape index (κ1) is 14.8. The number of nitrogens with one attached hydrogen (secondary N) is 1. The predicted molar refractivity (Wildman–Crippen MR) is 75.1 cm³/mol. The first-order valence-corrected chi connectivity index (χ1v) is 6.40. The number of rotatable bonds is 4. The van der Waals surface area contributed by atoms with Gasteiger partial charge in [0, 0.05) is 18.5 Å². The summed E-state index contributed by atoms with van der Waals surface area (Å²) < 4.78 is 18.4. The topological polar surface area (TPSA) is 62.5 Å². The third-order valence-corrected chi connectivity index (χ3v) is 2.77. The van der Waals surface area contributed by atoms with Crippen molar-refractivity contribution in [3.8, 4) is 11.8 Å². The Hall–Kier alpha value is -2.58. The third-order valence-electron chi connectivity index (χ3n) is 2.77. The molecule has 0 saturated heterocycles. The summed E-state index contributed by atoms with van der Waals surface area (Å²) in [5.41, 5.74) is 0.524. The second kappa shape index (κ2) is 7.27. The van der Waals surface area contributed by atoms with E-state index in [0.29, 0.717) is 13.0 Å². The zero-order chi connectivity index (χ0) is 15.1. The van der Waals surface area contributed by atoms with Gasteiger partial charge in [-0.05, 0) is 30.3 Å². The maximum atomic E-state index is 13.2. The van der Waals surface area contributed by atoms with Crippen LogP contribution >= 0.6 is 0 Å². The number of hydrogen-bond acceptors (Lipinski definition) is 3. The Morgan fingerprint density at radius 3 is 2.95 bits per heavy atom. The molecule has 1 aromatic heterocycles. The lowest BCUT2D eigenvalue weighted by Crippen LogP contribution is -2.26. The van der Waals surface area contributed by atoms with Crippen LogP contribution in [0.3, 0.4) is 0 Å². The van der Waals surface area contributed by atoms with Crippen LogP contribution in [0, 0.1) is 17.7 Å². The van der Waals surface area contributed by atoms with Crippen LogP contribution in [0.25, 0.3) is 0 Å². The van der Waals surface area contributed by atoms with Crippen molar-refractivity contribution in [2.45, 2.75) is 6.42 Å². The van der Waals surface area contributed by atoms with Crippen molar-refractivity contribution in [2.24, 2.45) is 0 Å². The molecule has 2 aromatic rings. The quantitative estimate of drug-likeness (QED) is 0.842. The van der Waals surface area contributed by atoms with E-state index >= 15 is 0 Å². The highest BCUT2D eigenvalue weighted by Gasteiger charge is 2.11. The van der Waals surface area contributed by atoms with Gasteiger partial charge in [-0.1, -0.05) is 11.8 Å². The van der Waals surface area contributed by atoms with Gasteiger partial charge in [-0.25, -0.2) is 4.39 Å². The molecule has 0 atom stereocenters. The van der Waals surface area contributed by atoms with E-state index < -0.39 is 5.82 Å². The number of halogens is 1. The lowest BCUT2D eigenvalue weighted by molar-refractivity contribution is 0.0953. The molecule has 0 bridgehead atoms. The normalized spacial score (nSPS) is 9.81. The highest BCUT2D eigenvalue weighted by molar-refractivity contribution is 5.96. The Kier molecular flexibility index (Phi) is 5.13. The van der Waals surface area contributed by atoms with Gasteiger partial charge in [0.15, 0.2) is 0 Å².